The molecule has 0 saturated carbocycles. The van der Waals surface area contributed by atoms with Gasteiger partial charge in [0.25, 0.3) is 0 Å². The first-order chi connectivity index (χ1) is 45.4. The minimum absolute atomic E-state index is 0.105. The lowest BCUT2D eigenvalue weighted by Gasteiger charge is -2.21. The molecule has 0 aliphatic heterocycles. The van der Waals surface area contributed by atoms with Crippen LogP contribution in [0.25, 0.3) is 0 Å². The first kappa shape index (κ1) is 92.1. The molecule has 3 unspecified atom stereocenters. The minimum Gasteiger partial charge on any atom is -0.462 e. The van der Waals surface area contributed by atoms with Gasteiger partial charge in [0.05, 0.1) is 26.4 Å². The molecule has 19 heteroatoms. The second-order valence-electron chi connectivity index (χ2n) is 27.8. The summed E-state index contributed by atoms with van der Waals surface area (Å²) in [4.78, 5) is 72.7. The zero-order valence-corrected chi connectivity index (χ0v) is 63.1. The van der Waals surface area contributed by atoms with Crippen LogP contribution in [0.5, 0.6) is 0 Å². The molecular formula is C75H146O17P2. The Morgan fingerprint density at radius 3 is 0.809 bits per heavy atom. The summed E-state index contributed by atoms with van der Waals surface area (Å²) >= 11 is 0. The van der Waals surface area contributed by atoms with Crippen LogP contribution in [0.2, 0.25) is 0 Å². The minimum atomic E-state index is -4.96. The highest BCUT2D eigenvalue weighted by Gasteiger charge is 2.30. The van der Waals surface area contributed by atoms with Crippen LogP contribution in [-0.2, 0) is 65.4 Å². The van der Waals surface area contributed by atoms with Crippen molar-refractivity contribution >= 4 is 39.5 Å². The molecule has 94 heavy (non-hydrogen) atoms. The summed E-state index contributed by atoms with van der Waals surface area (Å²) in [6, 6.07) is 0. The summed E-state index contributed by atoms with van der Waals surface area (Å²) in [5, 5.41) is 10.6. The van der Waals surface area contributed by atoms with Gasteiger partial charge in [0, 0.05) is 25.7 Å². The van der Waals surface area contributed by atoms with Gasteiger partial charge in [-0.2, -0.15) is 0 Å². The molecule has 0 spiro atoms. The van der Waals surface area contributed by atoms with E-state index in [9.17, 15) is 43.2 Å². The number of carbonyl (C=O) groups is 4. The number of phosphoric acid groups is 2. The molecular weight excluding hydrogens is 1230 g/mol. The SMILES string of the molecule is CCCCCCCCCCCCCCCCCCCCCCC(=O)O[C@H](COC(=O)CCCCCCCCCCCCC(C)CC)COP(=O)(O)OC[C@@H](O)COP(=O)(O)OC[C@@H](COC(=O)CCCCCCCCCCC)OC(=O)CCCCCCCCCCC(C)C. The van der Waals surface area contributed by atoms with Crippen LogP contribution >= 0.6 is 15.6 Å². The number of hydrogen-bond acceptors (Lipinski definition) is 15. The van der Waals surface area contributed by atoms with E-state index in [0.717, 1.165) is 102 Å². The van der Waals surface area contributed by atoms with Gasteiger partial charge in [-0.3, -0.25) is 37.3 Å². The fourth-order valence-corrected chi connectivity index (χ4v) is 13.0. The van der Waals surface area contributed by atoms with Gasteiger partial charge in [-0.05, 0) is 37.5 Å². The molecule has 558 valence electrons. The molecule has 0 aliphatic carbocycles. The van der Waals surface area contributed by atoms with E-state index in [1.54, 1.807) is 0 Å². The van der Waals surface area contributed by atoms with Crippen molar-refractivity contribution in [3.63, 3.8) is 0 Å². The summed E-state index contributed by atoms with van der Waals surface area (Å²) in [5.41, 5.74) is 0. The van der Waals surface area contributed by atoms with E-state index in [1.807, 2.05) is 0 Å². The third-order valence-electron chi connectivity index (χ3n) is 17.8. The lowest BCUT2D eigenvalue weighted by atomic mass is 9.99. The molecule has 0 rings (SSSR count). The number of carbonyl (C=O) groups excluding carboxylic acids is 4. The molecule has 17 nitrogen and oxygen atoms in total. The summed E-state index contributed by atoms with van der Waals surface area (Å²) < 4.78 is 68.4. The van der Waals surface area contributed by atoms with Gasteiger partial charge < -0.3 is 33.8 Å². The van der Waals surface area contributed by atoms with Crippen molar-refractivity contribution in [3.8, 4) is 0 Å². The fraction of sp³-hybridized carbons (Fsp3) is 0.947. The molecule has 0 aromatic rings. The van der Waals surface area contributed by atoms with Crippen LogP contribution in [-0.4, -0.2) is 96.7 Å². The van der Waals surface area contributed by atoms with E-state index >= 15 is 0 Å². The average molecular weight is 1380 g/mol. The first-order valence-electron chi connectivity index (χ1n) is 39.0. The van der Waals surface area contributed by atoms with Gasteiger partial charge in [0.15, 0.2) is 12.2 Å². The molecule has 0 radical (unpaired) electrons. The van der Waals surface area contributed by atoms with Crippen molar-refractivity contribution < 1.29 is 80.2 Å². The zero-order chi connectivity index (χ0) is 69.3. The summed E-state index contributed by atoms with van der Waals surface area (Å²) in [7, 11) is -9.91. The normalized spacial score (nSPS) is 14.3. The number of hydrogen-bond donors (Lipinski definition) is 3. The quantitative estimate of drug-likeness (QED) is 0.0222. The van der Waals surface area contributed by atoms with Crippen molar-refractivity contribution in [2.75, 3.05) is 39.6 Å². The predicted molar refractivity (Wildman–Crippen MR) is 381 cm³/mol. The number of unbranched alkanes of at least 4 members (excludes halogenated alkanes) is 43. The van der Waals surface area contributed by atoms with E-state index in [2.05, 4.69) is 41.5 Å². The van der Waals surface area contributed by atoms with Crippen LogP contribution in [0, 0.1) is 11.8 Å². The molecule has 6 atom stereocenters. The van der Waals surface area contributed by atoms with Crippen molar-refractivity contribution in [3.05, 3.63) is 0 Å². The summed E-state index contributed by atoms with van der Waals surface area (Å²) in [5.74, 6) is -0.593. The topological polar surface area (TPSA) is 237 Å². The summed E-state index contributed by atoms with van der Waals surface area (Å²) in [6.45, 7) is 9.56. The number of esters is 4. The number of aliphatic hydroxyl groups is 1. The van der Waals surface area contributed by atoms with Crippen molar-refractivity contribution in [1.29, 1.82) is 0 Å². The second-order valence-corrected chi connectivity index (χ2v) is 30.7. The number of aliphatic hydroxyl groups excluding tert-OH is 1. The lowest BCUT2D eigenvalue weighted by molar-refractivity contribution is -0.161. The largest absolute Gasteiger partial charge is 0.472 e. The molecule has 0 fully saturated rings. The standard InChI is InChI=1S/C75H146O17P2/c1-7-10-12-14-16-18-19-20-21-22-23-24-25-26-27-28-34-41-47-53-59-74(79)91-70(64-86-73(78)58-52-46-40-33-30-29-32-38-44-50-56-68(6)9-3)65-89-93(81,82)87-61-69(76)62-88-94(83,84)90-66-71(63-85-72(77)57-51-45-39-31-17-15-13-11-8-2)92-75(80)60-54-48-42-36-35-37-43-49-55-67(4)5/h67-71,76H,7-66H2,1-6H3,(H,81,82)(H,83,84)/t68?,69-,70-,71-/m1/s1. The highest BCUT2D eigenvalue weighted by atomic mass is 31.2. The number of phosphoric ester groups is 2. The Morgan fingerprint density at radius 1 is 0.309 bits per heavy atom. The van der Waals surface area contributed by atoms with Gasteiger partial charge >= 0.3 is 39.5 Å². The first-order valence-corrected chi connectivity index (χ1v) is 42.0. The molecule has 0 saturated heterocycles. The zero-order valence-electron chi connectivity index (χ0n) is 61.3. The van der Waals surface area contributed by atoms with E-state index in [1.165, 1.54) is 205 Å². The Bertz CT molecular complexity index is 1820. The van der Waals surface area contributed by atoms with Gasteiger partial charge in [-0.1, -0.05) is 337 Å². The Morgan fingerprint density at radius 2 is 0.543 bits per heavy atom. The third kappa shape index (κ3) is 67.3. The number of ether oxygens (including phenoxy) is 4. The summed E-state index contributed by atoms with van der Waals surface area (Å²) in [6.07, 6.45) is 54.2. The molecule has 3 N–H and O–H groups in total. The molecule has 0 aromatic heterocycles. The maximum atomic E-state index is 13.1. The van der Waals surface area contributed by atoms with E-state index in [4.69, 9.17) is 37.0 Å². The highest BCUT2D eigenvalue weighted by Crippen LogP contribution is 2.45. The van der Waals surface area contributed by atoms with Crippen molar-refractivity contribution in [1.82, 2.24) is 0 Å². The Hall–Kier alpha value is -1.94. The number of rotatable bonds is 74. The van der Waals surface area contributed by atoms with Crippen molar-refractivity contribution in [2.24, 2.45) is 11.8 Å². The molecule has 0 aromatic carbocycles. The Kier molecular flexibility index (Phi) is 65.5. The smallest absolute Gasteiger partial charge is 0.462 e. The monoisotopic (exact) mass is 1380 g/mol. The molecule has 0 amide bonds. The van der Waals surface area contributed by atoms with Gasteiger partial charge in [-0.15, -0.1) is 0 Å². The van der Waals surface area contributed by atoms with Crippen LogP contribution in [0.15, 0.2) is 0 Å². The van der Waals surface area contributed by atoms with Crippen molar-refractivity contribution in [2.45, 2.75) is 407 Å². The van der Waals surface area contributed by atoms with E-state index < -0.39 is 97.5 Å². The third-order valence-corrected chi connectivity index (χ3v) is 19.7. The van der Waals surface area contributed by atoms with Crippen LogP contribution in [0.3, 0.4) is 0 Å². The molecule has 0 aliphatic rings. The van der Waals surface area contributed by atoms with Gasteiger partial charge in [0.2, 0.25) is 0 Å². The maximum Gasteiger partial charge on any atom is 0.472 e. The second kappa shape index (κ2) is 66.9. The van der Waals surface area contributed by atoms with Crippen LogP contribution in [0.4, 0.5) is 0 Å². The molecule has 0 heterocycles. The van der Waals surface area contributed by atoms with Crippen LogP contribution < -0.4 is 0 Å². The van der Waals surface area contributed by atoms with E-state index in [-0.39, 0.29) is 25.7 Å². The molecule has 0 bridgehead atoms. The Labute approximate surface area is 575 Å². The predicted octanol–water partition coefficient (Wildman–Crippen LogP) is 21.9. The Balaban J connectivity index is 5.20. The van der Waals surface area contributed by atoms with Crippen LogP contribution in [0.1, 0.15) is 388 Å². The highest BCUT2D eigenvalue weighted by molar-refractivity contribution is 7.47. The fourth-order valence-electron chi connectivity index (χ4n) is 11.4. The van der Waals surface area contributed by atoms with Gasteiger partial charge in [-0.25, -0.2) is 9.13 Å². The maximum absolute atomic E-state index is 13.1. The lowest BCUT2D eigenvalue weighted by Crippen LogP contribution is -2.30. The van der Waals surface area contributed by atoms with Gasteiger partial charge in [0.1, 0.15) is 19.3 Å². The average Bonchev–Trinajstić information content (AvgIpc) is 1.25. The van der Waals surface area contributed by atoms with E-state index in [0.29, 0.717) is 25.7 Å².